The zero-order valence-electron chi connectivity index (χ0n) is 11.8. The highest BCUT2D eigenvalue weighted by Crippen LogP contribution is 2.27. The third-order valence-electron chi connectivity index (χ3n) is 3.83. The predicted molar refractivity (Wildman–Crippen MR) is 75.5 cm³/mol. The van der Waals surface area contributed by atoms with Gasteiger partial charge in [0, 0.05) is 24.9 Å². The van der Waals surface area contributed by atoms with Crippen molar-refractivity contribution in [1.29, 1.82) is 0 Å². The molecule has 1 N–H and O–H groups in total. The van der Waals surface area contributed by atoms with Crippen molar-refractivity contribution in [1.82, 2.24) is 20.4 Å². The molecule has 2 aliphatic heterocycles. The Kier molecular flexibility index (Phi) is 4.65. The first kappa shape index (κ1) is 15.3. The summed E-state index contributed by atoms with van der Waals surface area (Å²) >= 11 is 0. The van der Waals surface area contributed by atoms with Crippen LogP contribution in [0.1, 0.15) is 38.4 Å². The highest BCUT2D eigenvalue weighted by Gasteiger charge is 2.42. The Hall–Kier alpha value is -1.14. The van der Waals surface area contributed by atoms with Crippen molar-refractivity contribution in [2.75, 3.05) is 6.54 Å². The lowest BCUT2D eigenvalue weighted by Crippen LogP contribution is -2.35. The quantitative estimate of drug-likeness (QED) is 0.903. The molecule has 2 fully saturated rings. The Bertz CT molecular complexity index is 477. The second kappa shape index (κ2) is 6.10. The van der Waals surface area contributed by atoms with Crippen molar-refractivity contribution in [3.05, 3.63) is 11.7 Å². The molecule has 0 aliphatic carbocycles. The third-order valence-corrected chi connectivity index (χ3v) is 3.83. The summed E-state index contributed by atoms with van der Waals surface area (Å²) in [6.07, 6.45) is 2.42. The molecule has 6 nitrogen and oxygen atoms in total. The number of rotatable bonds is 4. The lowest BCUT2D eigenvalue weighted by Gasteiger charge is -2.21. The number of carbonyl (C=O) groups is 1. The van der Waals surface area contributed by atoms with E-state index in [2.05, 4.69) is 29.3 Å². The fourth-order valence-corrected chi connectivity index (χ4v) is 2.98. The average Bonchev–Trinajstić information content (AvgIpc) is 2.99. The van der Waals surface area contributed by atoms with Gasteiger partial charge in [-0.2, -0.15) is 4.98 Å². The van der Waals surface area contributed by atoms with Crippen molar-refractivity contribution in [2.24, 2.45) is 5.92 Å². The number of fused-ring (bicyclic) bond motifs is 1. The molecular formula is C13H21ClN4O2. The van der Waals surface area contributed by atoms with E-state index in [4.69, 9.17) is 4.52 Å². The summed E-state index contributed by atoms with van der Waals surface area (Å²) < 4.78 is 5.25. The maximum absolute atomic E-state index is 12.0. The molecule has 2 aliphatic rings. The van der Waals surface area contributed by atoms with E-state index in [1.54, 1.807) is 0 Å². The summed E-state index contributed by atoms with van der Waals surface area (Å²) in [6.45, 7) is 5.68. The van der Waals surface area contributed by atoms with Gasteiger partial charge in [0.05, 0.1) is 0 Å². The summed E-state index contributed by atoms with van der Waals surface area (Å²) in [7, 11) is 0. The van der Waals surface area contributed by atoms with Gasteiger partial charge in [-0.25, -0.2) is 0 Å². The van der Waals surface area contributed by atoms with Crippen LogP contribution in [0.2, 0.25) is 0 Å². The number of nitrogens with one attached hydrogen (secondary N) is 1. The van der Waals surface area contributed by atoms with Crippen LogP contribution in [0, 0.1) is 5.92 Å². The van der Waals surface area contributed by atoms with E-state index in [0.717, 1.165) is 25.2 Å². The van der Waals surface area contributed by atoms with Crippen molar-refractivity contribution in [3.8, 4) is 0 Å². The second-order valence-electron chi connectivity index (χ2n) is 5.84. The minimum atomic E-state index is 0. The summed E-state index contributed by atoms with van der Waals surface area (Å²) in [4.78, 5) is 18.2. The molecule has 0 unspecified atom stereocenters. The number of hydrogen-bond donors (Lipinski definition) is 1. The number of nitrogens with zero attached hydrogens (tertiary/aromatic N) is 3. The Labute approximate surface area is 124 Å². The van der Waals surface area contributed by atoms with Crippen LogP contribution in [0.4, 0.5) is 0 Å². The SMILES string of the molecule is CC(C)Cc1noc(CN2C(=O)C[C@H]3NCC[C@H]32)n1.Cl. The monoisotopic (exact) mass is 300 g/mol. The van der Waals surface area contributed by atoms with Gasteiger partial charge in [-0.05, 0) is 18.9 Å². The van der Waals surface area contributed by atoms with Crippen LogP contribution in [-0.4, -0.2) is 39.6 Å². The minimum absolute atomic E-state index is 0. The van der Waals surface area contributed by atoms with Gasteiger partial charge in [-0.15, -0.1) is 12.4 Å². The standard InChI is InChI=1S/C13H20N4O2.ClH/c1-8(2)5-11-15-12(19-16-11)7-17-10-3-4-14-9(10)6-13(17)18;/h8-10,14H,3-7H2,1-2H3;1H/t9-,10-;/m1./s1. The van der Waals surface area contributed by atoms with Crippen LogP contribution in [0.5, 0.6) is 0 Å². The molecular weight excluding hydrogens is 280 g/mol. The molecule has 20 heavy (non-hydrogen) atoms. The smallest absolute Gasteiger partial charge is 0.246 e. The predicted octanol–water partition coefficient (Wildman–Crippen LogP) is 1.15. The van der Waals surface area contributed by atoms with Crippen molar-refractivity contribution >= 4 is 18.3 Å². The molecule has 0 aromatic carbocycles. The van der Waals surface area contributed by atoms with E-state index in [1.807, 2.05) is 4.90 Å². The highest BCUT2D eigenvalue weighted by atomic mass is 35.5. The molecule has 112 valence electrons. The van der Waals surface area contributed by atoms with Crippen LogP contribution in [0.25, 0.3) is 0 Å². The number of amides is 1. The highest BCUT2D eigenvalue weighted by molar-refractivity contribution is 5.85. The Morgan fingerprint density at radius 2 is 2.30 bits per heavy atom. The van der Waals surface area contributed by atoms with Gasteiger partial charge in [0.15, 0.2) is 5.82 Å². The molecule has 0 spiro atoms. The number of carbonyl (C=O) groups excluding carboxylic acids is 1. The zero-order valence-corrected chi connectivity index (χ0v) is 12.7. The van der Waals surface area contributed by atoms with Crippen LogP contribution in [-0.2, 0) is 17.8 Å². The van der Waals surface area contributed by atoms with Crippen LogP contribution < -0.4 is 5.32 Å². The van der Waals surface area contributed by atoms with Gasteiger partial charge in [0.25, 0.3) is 0 Å². The number of likely N-dealkylation sites (tertiary alicyclic amines) is 1. The van der Waals surface area contributed by atoms with E-state index in [0.29, 0.717) is 36.9 Å². The van der Waals surface area contributed by atoms with Gasteiger partial charge < -0.3 is 14.7 Å². The van der Waals surface area contributed by atoms with Gasteiger partial charge in [0.2, 0.25) is 11.8 Å². The normalized spacial score (nSPS) is 25.1. The maximum atomic E-state index is 12.0. The first-order chi connectivity index (χ1) is 9.13. The lowest BCUT2D eigenvalue weighted by atomic mass is 10.1. The van der Waals surface area contributed by atoms with Gasteiger partial charge in [-0.3, -0.25) is 4.79 Å². The molecule has 0 radical (unpaired) electrons. The van der Waals surface area contributed by atoms with Gasteiger partial charge >= 0.3 is 0 Å². The molecule has 1 aromatic rings. The van der Waals surface area contributed by atoms with Crippen LogP contribution in [0.15, 0.2) is 4.52 Å². The largest absolute Gasteiger partial charge is 0.337 e. The summed E-state index contributed by atoms with van der Waals surface area (Å²) in [6, 6.07) is 0.610. The maximum Gasteiger partial charge on any atom is 0.246 e. The van der Waals surface area contributed by atoms with Crippen LogP contribution >= 0.6 is 12.4 Å². The van der Waals surface area contributed by atoms with E-state index < -0.39 is 0 Å². The van der Waals surface area contributed by atoms with E-state index in [-0.39, 0.29) is 18.3 Å². The first-order valence-corrected chi connectivity index (χ1v) is 6.98. The van der Waals surface area contributed by atoms with Crippen molar-refractivity contribution in [3.63, 3.8) is 0 Å². The molecule has 3 heterocycles. The summed E-state index contributed by atoms with van der Waals surface area (Å²) in [5.41, 5.74) is 0. The van der Waals surface area contributed by atoms with E-state index >= 15 is 0 Å². The van der Waals surface area contributed by atoms with Crippen molar-refractivity contribution < 1.29 is 9.32 Å². The molecule has 2 atom stereocenters. The van der Waals surface area contributed by atoms with Crippen molar-refractivity contribution in [2.45, 2.75) is 51.7 Å². The molecule has 7 heteroatoms. The topological polar surface area (TPSA) is 71.3 Å². The Balaban J connectivity index is 0.00000147. The number of hydrogen-bond acceptors (Lipinski definition) is 5. The van der Waals surface area contributed by atoms with E-state index in [1.165, 1.54) is 0 Å². The first-order valence-electron chi connectivity index (χ1n) is 6.98. The van der Waals surface area contributed by atoms with Gasteiger partial charge in [-0.1, -0.05) is 19.0 Å². The molecule has 0 bridgehead atoms. The zero-order chi connectivity index (χ0) is 13.4. The van der Waals surface area contributed by atoms with Crippen LogP contribution in [0.3, 0.4) is 0 Å². The third kappa shape index (κ3) is 2.96. The molecule has 1 aromatic heterocycles. The Morgan fingerprint density at radius 3 is 3.05 bits per heavy atom. The average molecular weight is 301 g/mol. The lowest BCUT2D eigenvalue weighted by molar-refractivity contribution is -0.129. The molecule has 3 rings (SSSR count). The molecule has 0 saturated carbocycles. The fourth-order valence-electron chi connectivity index (χ4n) is 2.98. The number of aromatic nitrogens is 2. The summed E-state index contributed by atoms with van der Waals surface area (Å²) in [5, 5.41) is 7.34. The molecule has 1 amide bonds. The number of halogens is 1. The summed E-state index contributed by atoms with van der Waals surface area (Å²) in [5.74, 6) is 1.97. The fraction of sp³-hybridized carbons (Fsp3) is 0.769. The van der Waals surface area contributed by atoms with E-state index in [9.17, 15) is 4.79 Å². The Morgan fingerprint density at radius 1 is 1.50 bits per heavy atom. The second-order valence-corrected chi connectivity index (χ2v) is 5.84. The van der Waals surface area contributed by atoms with Gasteiger partial charge in [0.1, 0.15) is 6.54 Å². The molecule has 2 saturated heterocycles. The minimum Gasteiger partial charge on any atom is -0.337 e.